The van der Waals surface area contributed by atoms with Gasteiger partial charge in [-0.2, -0.15) is 0 Å². The van der Waals surface area contributed by atoms with Crippen molar-refractivity contribution in [3.63, 3.8) is 0 Å². The molecule has 11 heteroatoms. The summed E-state index contributed by atoms with van der Waals surface area (Å²) in [5, 5.41) is 9.55. The molecule has 5 rings (SSSR count). The maximum Gasteiger partial charge on any atom is 0.338 e. The van der Waals surface area contributed by atoms with Crippen molar-refractivity contribution < 1.29 is 33.3 Å². The normalized spacial score (nSPS) is 14.8. The molecule has 0 amide bonds. The fourth-order valence-electron chi connectivity index (χ4n) is 4.73. The number of ether oxygens (including phenoxy) is 3. The molecule has 0 saturated heterocycles. The van der Waals surface area contributed by atoms with Crippen LogP contribution in [0.5, 0.6) is 11.5 Å². The van der Waals surface area contributed by atoms with Gasteiger partial charge in [-0.15, -0.1) is 0 Å². The summed E-state index contributed by atoms with van der Waals surface area (Å²) >= 11 is 1.14. The number of aromatic carboxylic acids is 1. The predicted octanol–water partition coefficient (Wildman–Crippen LogP) is 3.77. The number of furan rings is 1. The van der Waals surface area contributed by atoms with E-state index in [2.05, 4.69) is 4.99 Å². The molecule has 41 heavy (non-hydrogen) atoms. The van der Waals surface area contributed by atoms with Crippen molar-refractivity contribution in [2.75, 3.05) is 20.8 Å². The summed E-state index contributed by atoms with van der Waals surface area (Å²) in [6.45, 7) is 3.55. The number of allylic oxidation sites excluding steroid dienone is 1. The number of fused-ring (bicyclic) bond motifs is 1. The standard InChI is InChI=1S/C30H26N2O8S/c1-5-39-29(36)25-16(2)31-30-32(26(25)21-14-17(37-3)10-12-22(21)38-4)27(33)24(41-30)15-18-11-13-23(40-18)19-8-6-7-9-20(19)28(34)35/h6-15,26H,5H2,1-4H3,(H,34,35)/t26-/m0/s1. The Morgan fingerprint density at radius 2 is 1.90 bits per heavy atom. The van der Waals surface area contributed by atoms with Crippen molar-refractivity contribution in [1.82, 2.24) is 4.57 Å². The van der Waals surface area contributed by atoms with Crippen LogP contribution in [0, 0.1) is 0 Å². The SMILES string of the molecule is CCOC(=O)C1=C(C)N=c2sc(=Cc3ccc(-c4ccccc4C(=O)O)o3)c(=O)n2[C@H]1c1cc(OC)ccc1OC. The van der Waals surface area contributed by atoms with Crippen molar-refractivity contribution >= 4 is 29.4 Å². The lowest BCUT2D eigenvalue weighted by Gasteiger charge is -2.26. The van der Waals surface area contributed by atoms with E-state index in [1.165, 1.54) is 24.9 Å². The highest BCUT2D eigenvalue weighted by Gasteiger charge is 2.35. The molecule has 1 aliphatic heterocycles. The van der Waals surface area contributed by atoms with Crippen molar-refractivity contribution in [3.05, 3.63) is 102 Å². The molecule has 2 aromatic heterocycles. The molecule has 1 atom stereocenters. The van der Waals surface area contributed by atoms with Crippen molar-refractivity contribution in [2.24, 2.45) is 4.99 Å². The Labute approximate surface area is 238 Å². The number of carboxylic acids is 1. The van der Waals surface area contributed by atoms with Crippen LogP contribution in [0.3, 0.4) is 0 Å². The summed E-state index contributed by atoms with van der Waals surface area (Å²) in [4.78, 5) is 43.7. The minimum Gasteiger partial charge on any atom is -0.497 e. The first-order valence-corrected chi connectivity index (χ1v) is 13.4. The van der Waals surface area contributed by atoms with Crippen LogP contribution in [-0.4, -0.2) is 42.4 Å². The molecular formula is C30H26N2O8S. The molecule has 3 heterocycles. The number of hydrogen-bond donors (Lipinski definition) is 1. The summed E-state index contributed by atoms with van der Waals surface area (Å²) < 4.78 is 24.1. The van der Waals surface area contributed by atoms with E-state index in [-0.39, 0.29) is 17.7 Å². The van der Waals surface area contributed by atoms with Crippen LogP contribution in [0.2, 0.25) is 0 Å². The monoisotopic (exact) mass is 574 g/mol. The summed E-state index contributed by atoms with van der Waals surface area (Å²) in [5.41, 5.74) is 1.27. The van der Waals surface area contributed by atoms with E-state index in [4.69, 9.17) is 18.6 Å². The van der Waals surface area contributed by atoms with E-state index in [1.807, 2.05) is 0 Å². The number of thiazole rings is 1. The van der Waals surface area contributed by atoms with E-state index >= 15 is 0 Å². The smallest absolute Gasteiger partial charge is 0.338 e. The highest BCUT2D eigenvalue weighted by molar-refractivity contribution is 7.07. The van der Waals surface area contributed by atoms with Crippen molar-refractivity contribution in [3.8, 4) is 22.8 Å². The van der Waals surface area contributed by atoms with Gasteiger partial charge in [-0.1, -0.05) is 29.5 Å². The van der Waals surface area contributed by atoms with Gasteiger partial charge >= 0.3 is 11.9 Å². The number of hydrogen-bond acceptors (Lipinski definition) is 9. The molecule has 0 radical (unpaired) electrons. The first-order valence-electron chi connectivity index (χ1n) is 12.6. The number of nitrogens with zero attached hydrogens (tertiary/aromatic N) is 2. The summed E-state index contributed by atoms with van der Waals surface area (Å²) in [5.74, 6) is 0.00207. The average molecular weight is 575 g/mol. The van der Waals surface area contributed by atoms with Gasteiger partial charge in [0, 0.05) is 17.2 Å². The Morgan fingerprint density at radius 3 is 2.61 bits per heavy atom. The van der Waals surface area contributed by atoms with Crippen LogP contribution >= 0.6 is 11.3 Å². The number of aromatic nitrogens is 1. The highest BCUT2D eigenvalue weighted by Crippen LogP contribution is 2.38. The molecule has 0 unspecified atom stereocenters. The van der Waals surface area contributed by atoms with E-state index < -0.39 is 23.5 Å². The molecule has 0 bridgehead atoms. The third kappa shape index (κ3) is 5.07. The maximum atomic E-state index is 13.9. The number of carbonyl (C=O) groups is 2. The summed E-state index contributed by atoms with van der Waals surface area (Å²) in [6, 6.07) is 14.1. The van der Waals surface area contributed by atoms with Crippen molar-refractivity contribution in [2.45, 2.75) is 19.9 Å². The van der Waals surface area contributed by atoms with E-state index in [0.29, 0.717) is 49.2 Å². The minimum absolute atomic E-state index is 0.0991. The first-order chi connectivity index (χ1) is 19.8. The number of esters is 1. The van der Waals surface area contributed by atoms with E-state index in [1.54, 1.807) is 68.5 Å². The Bertz CT molecular complexity index is 1880. The number of methoxy groups -OCH3 is 2. The lowest BCUT2D eigenvalue weighted by molar-refractivity contribution is -0.139. The molecule has 4 aromatic rings. The third-order valence-corrected chi connectivity index (χ3v) is 7.55. The molecular weight excluding hydrogens is 548 g/mol. The minimum atomic E-state index is -1.08. The number of benzene rings is 2. The Hall–Kier alpha value is -4.90. The van der Waals surface area contributed by atoms with Crippen LogP contribution in [0.15, 0.2) is 80.1 Å². The molecule has 0 saturated carbocycles. The van der Waals surface area contributed by atoms with Crippen LogP contribution in [-0.2, 0) is 9.53 Å². The summed E-state index contributed by atoms with van der Waals surface area (Å²) in [7, 11) is 3.03. The van der Waals surface area contributed by atoms with Gasteiger partial charge in [0.1, 0.15) is 29.1 Å². The van der Waals surface area contributed by atoms with Crippen molar-refractivity contribution in [1.29, 1.82) is 0 Å². The third-order valence-electron chi connectivity index (χ3n) is 6.57. The van der Waals surface area contributed by atoms with Gasteiger partial charge in [0.2, 0.25) is 0 Å². The topological polar surface area (TPSA) is 130 Å². The second-order valence-corrected chi connectivity index (χ2v) is 9.97. The van der Waals surface area contributed by atoms with E-state index in [9.17, 15) is 19.5 Å². The van der Waals surface area contributed by atoms with Crippen LogP contribution in [0.1, 0.15) is 41.6 Å². The highest BCUT2D eigenvalue weighted by atomic mass is 32.1. The molecule has 0 fully saturated rings. The number of rotatable bonds is 8. The molecule has 0 spiro atoms. The fraction of sp³-hybridized carbons (Fsp3) is 0.200. The van der Waals surface area contributed by atoms with Crippen LogP contribution < -0.4 is 24.4 Å². The van der Waals surface area contributed by atoms with E-state index in [0.717, 1.165) is 11.3 Å². The quantitative estimate of drug-likeness (QED) is 0.315. The van der Waals surface area contributed by atoms with Gasteiger partial charge in [0.25, 0.3) is 5.56 Å². The van der Waals surface area contributed by atoms with Gasteiger partial charge in [-0.3, -0.25) is 9.36 Å². The molecule has 10 nitrogen and oxygen atoms in total. The van der Waals surface area contributed by atoms with Gasteiger partial charge in [0.15, 0.2) is 4.80 Å². The fourth-order valence-corrected chi connectivity index (χ4v) is 5.75. The van der Waals surface area contributed by atoms with Gasteiger partial charge in [0.05, 0.1) is 42.2 Å². The molecule has 1 N–H and O–H groups in total. The molecule has 2 aromatic carbocycles. The van der Waals surface area contributed by atoms with Gasteiger partial charge in [-0.05, 0) is 50.2 Å². The zero-order chi connectivity index (χ0) is 29.3. The zero-order valence-electron chi connectivity index (χ0n) is 22.7. The molecule has 0 aliphatic carbocycles. The Balaban J connectivity index is 1.69. The second-order valence-electron chi connectivity index (χ2n) is 8.96. The lowest BCUT2D eigenvalue weighted by atomic mass is 9.95. The van der Waals surface area contributed by atoms with Gasteiger partial charge in [-0.25, -0.2) is 14.6 Å². The first kappa shape index (κ1) is 27.7. The average Bonchev–Trinajstić information content (AvgIpc) is 3.56. The Kier molecular flexibility index (Phi) is 7.62. The predicted molar refractivity (Wildman–Crippen MR) is 151 cm³/mol. The molecule has 1 aliphatic rings. The van der Waals surface area contributed by atoms with Crippen LogP contribution in [0.25, 0.3) is 17.4 Å². The summed E-state index contributed by atoms with van der Waals surface area (Å²) in [6.07, 6.45) is 1.57. The second kappa shape index (κ2) is 11.3. The Morgan fingerprint density at radius 1 is 1.12 bits per heavy atom. The lowest BCUT2D eigenvalue weighted by Crippen LogP contribution is -2.40. The zero-order valence-corrected chi connectivity index (χ0v) is 23.5. The number of carbonyl (C=O) groups excluding carboxylic acids is 1. The largest absolute Gasteiger partial charge is 0.497 e. The van der Waals surface area contributed by atoms with Gasteiger partial charge < -0.3 is 23.7 Å². The maximum absolute atomic E-state index is 13.9. The number of carboxylic acid groups (broad SMARTS) is 1. The molecule has 210 valence electrons. The van der Waals surface area contributed by atoms with Crippen LogP contribution in [0.4, 0.5) is 0 Å².